The average molecular weight is 290 g/mol. The zero-order valence-corrected chi connectivity index (χ0v) is 12.9. The molecule has 0 aliphatic heterocycles. The van der Waals surface area contributed by atoms with Crippen molar-refractivity contribution in [1.29, 1.82) is 0 Å². The molecular formula is C16H20ClN3. The standard InChI is InChI=1S/C16H20ClN3/c1-19(2)16(15-6-4-5-11-18-15)20(3)12-13-7-9-14(17)10-8-13/h4-11,16H,12H2,1-3H3. The summed E-state index contributed by atoms with van der Waals surface area (Å²) in [7, 11) is 6.24. The Kier molecular flexibility index (Phi) is 5.12. The minimum Gasteiger partial charge on any atom is -0.289 e. The number of benzene rings is 1. The van der Waals surface area contributed by atoms with Crippen LogP contribution in [0.2, 0.25) is 5.02 Å². The Morgan fingerprint density at radius 3 is 2.30 bits per heavy atom. The fraction of sp³-hybridized carbons (Fsp3) is 0.312. The molecule has 1 atom stereocenters. The monoisotopic (exact) mass is 289 g/mol. The van der Waals surface area contributed by atoms with Crippen LogP contribution < -0.4 is 0 Å². The molecule has 4 heteroatoms. The second-order valence-electron chi connectivity index (χ2n) is 5.13. The molecule has 0 fully saturated rings. The van der Waals surface area contributed by atoms with Crippen molar-refractivity contribution in [2.75, 3.05) is 21.1 Å². The number of hydrogen-bond acceptors (Lipinski definition) is 3. The molecule has 0 bridgehead atoms. The van der Waals surface area contributed by atoms with Crippen LogP contribution in [0.1, 0.15) is 17.4 Å². The van der Waals surface area contributed by atoms with Gasteiger partial charge in [0.15, 0.2) is 0 Å². The van der Waals surface area contributed by atoms with Gasteiger partial charge in [-0.15, -0.1) is 0 Å². The van der Waals surface area contributed by atoms with Crippen molar-refractivity contribution in [3.63, 3.8) is 0 Å². The zero-order chi connectivity index (χ0) is 14.5. The van der Waals surface area contributed by atoms with Gasteiger partial charge in [0.1, 0.15) is 6.17 Å². The molecule has 0 N–H and O–H groups in total. The van der Waals surface area contributed by atoms with Gasteiger partial charge in [0.05, 0.1) is 5.69 Å². The lowest BCUT2D eigenvalue weighted by Gasteiger charge is -2.32. The van der Waals surface area contributed by atoms with Gasteiger partial charge in [-0.05, 0) is 51.0 Å². The highest BCUT2D eigenvalue weighted by molar-refractivity contribution is 6.30. The molecule has 1 heterocycles. The highest BCUT2D eigenvalue weighted by Gasteiger charge is 2.20. The Morgan fingerprint density at radius 2 is 1.75 bits per heavy atom. The number of aromatic nitrogens is 1. The van der Waals surface area contributed by atoms with Crippen LogP contribution in [0.4, 0.5) is 0 Å². The summed E-state index contributed by atoms with van der Waals surface area (Å²) in [5, 5.41) is 0.769. The van der Waals surface area contributed by atoms with Crippen LogP contribution in [0.3, 0.4) is 0 Å². The molecule has 0 amide bonds. The van der Waals surface area contributed by atoms with Crippen LogP contribution in [0.15, 0.2) is 48.7 Å². The fourth-order valence-electron chi connectivity index (χ4n) is 2.38. The number of halogens is 1. The summed E-state index contributed by atoms with van der Waals surface area (Å²) < 4.78 is 0. The minimum atomic E-state index is 0.145. The highest BCUT2D eigenvalue weighted by Crippen LogP contribution is 2.21. The quantitative estimate of drug-likeness (QED) is 0.786. The smallest absolute Gasteiger partial charge is 0.106 e. The molecule has 0 saturated carbocycles. The van der Waals surface area contributed by atoms with E-state index >= 15 is 0 Å². The van der Waals surface area contributed by atoms with Gasteiger partial charge in [-0.3, -0.25) is 14.8 Å². The zero-order valence-electron chi connectivity index (χ0n) is 12.1. The molecular weight excluding hydrogens is 270 g/mol. The molecule has 106 valence electrons. The summed E-state index contributed by atoms with van der Waals surface area (Å²) >= 11 is 5.93. The number of nitrogens with zero attached hydrogens (tertiary/aromatic N) is 3. The molecule has 1 aromatic carbocycles. The Morgan fingerprint density at radius 1 is 1.05 bits per heavy atom. The predicted octanol–water partition coefficient (Wildman–Crippen LogP) is 3.43. The fourth-order valence-corrected chi connectivity index (χ4v) is 2.50. The van der Waals surface area contributed by atoms with Crippen molar-refractivity contribution in [1.82, 2.24) is 14.8 Å². The van der Waals surface area contributed by atoms with Gasteiger partial charge in [-0.2, -0.15) is 0 Å². The molecule has 1 unspecified atom stereocenters. The molecule has 2 aromatic rings. The molecule has 1 aromatic heterocycles. The number of rotatable bonds is 5. The van der Waals surface area contributed by atoms with E-state index in [4.69, 9.17) is 11.6 Å². The average Bonchev–Trinajstić information content (AvgIpc) is 2.42. The Labute approximate surface area is 125 Å². The maximum Gasteiger partial charge on any atom is 0.106 e. The topological polar surface area (TPSA) is 19.4 Å². The van der Waals surface area contributed by atoms with Gasteiger partial charge < -0.3 is 0 Å². The van der Waals surface area contributed by atoms with Crippen molar-refractivity contribution < 1.29 is 0 Å². The summed E-state index contributed by atoms with van der Waals surface area (Å²) in [5.74, 6) is 0. The lowest BCUT2D eigenvalue weighted by atomic mass is 10.2. The molecule has 20 heavy (non-hydrogen) atoms. The summed E-state index contributed by atoms with van der Waals surface area (Å²) in [6.45, 7) is 0.844. The first-order valence-corrected chi connectivity index (χ1v) is 6.98. The molecule has 2 rings (SSSR count). The first-order chi connectivity index (χ1) is 9.58. The van der Waals surface area contributed by atoms with E-state index in [0.717, 1.165) is 17.3 Å². The maximum absolute atomic E-state index is 5.93. The normalized spacial score (nSPS) is 12.9. The van der Waals surface area contributed by atoms with Crippen molar-refractivity contribution >= 4 is 11.6 Å². The summed E-state index contributed by atoms with van der Waals surface area (Å²) in [6.07, 6.45) is 1.98. The lowest BCUT2D eigenvalue weighted by molar-refractivity contribution is 0.0942. The molecule has 3 nitrogen and oxygen atoms in total. The van der Waals surface area contributed by atoms with Crippen LogP contribution >= 0.6 is 11.6 Å². The van der Waals surface area contributed by atoms with Gasteiger partial charge in [0, 0.05) is 17.8 Å². The van der Waals surface area contributed by atoms with E-state index in [9.17, 15) is 0 Å². The Hall–Kier alpha value is -1.42. The van der Waals surface area contributed by atoms with E-state index in [2.05, 4.69) is 54.1 Å². The summed E-state index contributed by atoms with van der Waals surface area (Å²) in [5.41, 5.74) is 2.29. The summed E-state index contributed by atoms with van der Waals surface area (Å²) in [6, 6.07) is 14.0. The Bertz CT molecular complexity index is 525. The third kappa shape index (κ3) is 3.79. The van der Waals surface area contributed by atoms with Crippen LogP contribution in [0.5, 0.6) is 0 Å². The van der Waals surface area contributed by atoms with Gasteiger partial charge in [0.2, 0.25) is 0 Å². The first kappa shape index (κ1) is 15.0. The van der Waals surface area contributed by atoms with Gasteiger partial charge in [-0.25, -0.2) is 0 Å². The molecule has 0 aliphatic carbocycles. The van der Waals surface area contributed by atoms with E-state index < -0.39 is 0 Å². The molecule has 0 radical (unpaired) electrons. The Balaban J connectivity index is 2.15. The SMILES string of the molecule is CN(C)C(c1ccccn1)N(C)Cc1ccc(Cl)cc1. The third-order valence-corrected chi connectivity index (χ3v) is 3.46. The highest BCUT2D eigenvalue weighted by atomic mass is 35.5. The molecule has 0 aliphatic rings. The summed E-state index contributed by atoms with van der Waals surface area (Å²) in [4.78, 5) is 8.91. The minimum absolute atomic E-state index is 0.145. The largest absolute Gasteiger partial charge is 0.289 e. The van der Waals surface area contributed by atoms with Crippen LogP contribution in [0.25, 0.3) is 0 Å². The van der Waals surface area contributed by atoms with Crippen molar-refractivity contribution in [3.8, 4) is 0 Å². The third-order valence-electron chi connectivity index (χ3n) is 3.20. The van der Waals surface area contributed by atoms with Crippen LogP contribution in [-0.2, 0) is 6.54 Å². The van der Waals surface area contributed by atoms with Gasteiger partial charge >= 0.3 is 0 Å². The first-order valence-electron chi connectivity index (χ1n) is 6.60. The van der Waals surface area contributed by atoms with E-state index in [0.29, 0.717) is 0 Å². The molecule has 0 spiro atoms. The van der Waals surface area contributed by atoms with Crippen LogP contribution in [0, 0.1) is 0 Å². The van der Waals surface area contributed by atoms with Crippen LogP contribution in [-0.4, -0.2) is 35.9 Å². The second-order valence-corrected chi connectivity index (χ2v) is 5.57. The maximum atomic E-state index is 5.93. The van der Waals surface area contributed by atoms with E-state index in [1.54, 1.807) is 0 Å². The van der Waals surface area contributed by atoms with E-state index in [1.165, 1.54) is 5.56 Å². The van der Waals surface area contributed by atoms with Crippen molar-refractivity contribution in [3.05, 3.63) is 64.9 Å². The number of hydrogen-bond donors (Lipinski definition) is 0. The second kappa shape index (κ2) is 6.84. The predicted molar refractivity (Wildman–Crippen MR) is 83.6 cm³/mol. The van der Waals surface area contributed by atoms with Gasteiger partial charge in [-0.1, -0.05) is 29.8 Å². The van der Waals surface area contributed by atoms with E-state index in [1.807, 2.05) is 30.5 Å². The van der Waals surface area contributed by atoms with E-state index in [-0.39, 0.29) is 6.17 Å². The molecule has 0 saturated heterocycles. The lowest BCUT2D eigenvalue weighted by Crippen LogP contribution is -2.35. The van der Waals surface area contributed by atoms with Crippen molar-refractivity contribution in [2.45, 2.75) is 12.7 Å². The van der Waals surface area contributed by atoms with Gasteiger partial charge in [0.25, 0.3) is 0 Å². The number of pyridine rings is 1. The van der Waals surface area contributed by atoms with Crippen molar-refractivity contribution in [2.24, 2.45) is 0 Å².